The van der Waals surface area contributed by atoms with E-state index in [1.165, 1.54) is 23.3 Å². The highest BCUT2D eigenvalue weighted by Crippen LogP contribution is 2.41. The van der Waals surface area contributed by atoms with E-state index in [4.69, 9.17) is 4.98 Å². The summed E-state index contributed by atoms with van der Waals surface area (Å²) >= 11 is 0. The highest BCUT2D eigenvalue weighted by molar-refractivity contribution is 5.79. The Bertz CT molecular complexity index is 1110. The van der Waals surface area contributed by atoms with Crippen LogP contribution in [0.3, 0.4) is 0 Å². The Balaban J connectivity index is 1.67. The molecule has 2 atom stereocenters. The van der Waals surface area contributed by atoms with Gasteiger partial charge in [-0.2, -0.15) is 0 Å². The molecule has 0 fully saturated rings. The molecule has 3 nitrogen and oxygen atoms in total. The maximum Gasteiger partial charge on any atom is 0.204 e. The van der Waals surface area contributed by atoms with Crippen molar-refractivity contribution >= 4 is 17.0 Å². The van der Waals surface area contributed by atoms with Gasteiger partial charge in [0.05, 0.1) is 23.1 Å². The molecule has 0 spiro atoms. The van der Waals surface area contributed by atoms with Gasteiger partial charge in [0, 0.05) is 0 Å². The lowest BCUT2D eigenvalue weighted by Gasteiger charge is -2.33. The van der Waals surface area contributed by atoms with Crippen molar-refractivity contribution in [1.82, 2.24) is 9.55 Å². The first-order valence-corrected chi connectivity index (χ1v) is 9.24. The number of imidazole rings is 1. The zero-order valence-electron chi connectivity index (χ0n) is 15.1. The molecule has 2 heterocycles. The number of para-hydroxylation sites is 2. The third kappa shape index (κ3) is 2.78. The van der Waals surface area contributed by atoms with Gasteiger partial charge in [-0.25, -0.2) is 9.37 Å². The molecule has 0 amide bonds. The predicted octanol–water partition coefficient (Wildman–Crippen LogP) is 5.63. The Morgan fingerprint density at radius 1 is 0.963 bits per heavy atom. The number of aryl methyl sites for hydroxylation is 1. The summed E-state index contributed by atoms with van der Waals surface area (Å²) in [5.74, 6) is 0.653. The molecular weight excluding hydrogens is 337 g/mol. The first-order chi connectivity index (χ1) is 13.2. The second-order valence-corrected chi connectivity index (χ2v) is 7.21. The highest BCUT2D eigenvalue weighted by Gasteiger charge is 2.30. The number of fused-ring (bicyclic) bond motifs is 3. The summed E-state index contributed by atoms with van der Waals surface area (Å²) in [5, 5.41) is 3.57. The van der Waals surface area contributed by atoms with Crippen molar-refractivity contribution < 1.29 is 4.39 Å². The molecule has 4 aromatic rings. The predicted molar refractivity (Wildman–Crippen MR) is 106 cm³/mol. The van der Waals surface area contributed by atoms with E-state index < -0.39 is 0 Å². The van der Waals surface area contributed by atoms with Crippen molar-refractivity contribution in [1.29, 1.82) is 0 Å². The third-order valence-corrected chi connectivity index (χ3v) is 5.37. The number of aromatic nitrogens is 2. The topological polar surface area (TPSA) is 29.9 Å². The quantitative estimate of drug-likeness (QED) is 0.504. The number of anilines is 1. The minimum Gasteiger partial charge on any atom is -0.349 e. The number of rotatable bonds is 2. The minimum absolute atomic E-state index is 0.0837. The zero-order valence-corrected chi connectivity index (χ0v) is 15.1. The second-order valence-electron chi connectivity index (χ2n) is 7.21. The summed E-state index contributed by atoms with van der Waals surface area (Å²) in [7, 11) is 0. The van der Waals surface area contributed by atoms with Crippen LogP contribution in [-0.2, 0) is 0 Å². The fourth-order valence-corrected chi connectivity index (χ4v) is 4.08. The number of nitrogens with one attached hydrogen (secondary N) is 1. The lowest BCUT2D eigenvalue weighted by Crippen LogP contribution is -2.27. The fourth-order valence-electron chi connectivity index (χ4n) is 4.08. The molecule has 1 aromatic heterocycles. The van der Waals surface area contributed by atoms with Crippen LogP contribution in [0.1, 0.15) is 35.2 Å². The fraction of sp³-hybridized carbons (Fsp3) is 0.174. The second kappa shape index (κ2) is 6.23. The summed E-state index contributed by atoms with van der Waals surface area (Å²) in [6.45, 7) is 2.12. The van der Waals surface area contributed by atoms with Crippen LogP contribution in [-0.4, -0.2) is 9.55 Å². The van der Waals surface area contributed by atoms with Crippen molar-refractivity contribution in [2.24, 2.45) is 0 Å². The Hall–Kier alpha value is -3.14. The molecule has 134 valence electrons. The SMILES string of the molecule is Cc1cccc([C@@H]2C[C@@H](c3ccc(F)cc3)Nc3nc4ccccc4n32)c1. The molecule has 0 bridgehead atoms. The maximum absolute atomic E-state index is 13.4. The van der Waals surface area contributed by atoms with Gasteiger partial charge in [-0.15, -0.1) is 0 Å². The van der Waals surface area contributed by atoms with Crippen LogP contribution in [0.25, 0.3) is 11.0 Å². The van der Waals surface area contributed by atoms with E-state index in [9.17, 15) is 4.39 Å². The molecule has 5 rings (SSSR count). The van der Waals surface area contributed by atoms with Gasteiger partial charge in [0.1, 0.15) is 5.82 Å². The molecular formula is C23H20FN3. The van der Waals surface area contributed by atoms with Gasteiger partial charge in [-0.05, 0) is 48.7 Å². The van der Waals surface area contributed by atoms with E-state index in [0.717, 1.165) is 29.0 Å². The third-order valence-electron chi connectivity index (χ3n) is 5.37. The molecule has 0 saturated carbocycles. The number of nitrogens with zero attached hydrogens (tertiary/aromatic N) is 2. The average molecular weight is 357 g/mol. The van der Waals surface area contributed by atoms with Gasteiger partial charge in [0.25, 0.3) is 0 Å². The summed E-state index contributed by atoms with van der Waals surface area (Å²) in [5.41, 5.74) is 5.71. The molecule has 0 saturated heterocycles. The summed E-state index contributed by atoms with van der Waals surface area (Å²) in [6, 6.07) is 23.9. The minimum atomic E-state index is -0.211. The Morgan fingerprint density at radius 2 is 1.78 bits per heavy atom. The van der Waals surface area contributed by atoms with Crippen LogP contribution >= 0.6 is 0 Å². The zero-order chi connectivity index (χ0) is 18.4. The van der Waals surface area contributed by atoms with Gasteiger partial charge in [0.15, 0.2) is 0 Å². The van der Waals surface area contributed by atoms with Crippen molar-refractivity contribution in [3.05, 3.63) is 95.3 Å². The number of benzene rings is 3. The highest BCUT2D eigenvalue weighted by atomic mass is 19.1. The van der Waals surface area contributed by atoms with E-state index in [1.807, 2.05) is 24.3 Å². The van der Waals surface area contributed by atoms with Crippen LogP contribution < -0.4 is 5.32 Å². The van der Waals surface area contributed by atoms with Crippen molar-refractivity contribution in [3.8, 4) is 0 Å². The molecule has 1 N–H and O–H groups in total. The van der Waals surface area contributed by atoms with Gasteiger partial charge in [-0.3, -0.25) is 0 Å². The summed E-state index contributed by atoms with van der Waals surface area (Å²) < 4.78 is 15.7. The smallest absolute Gasteiger partial charge is 0.204 e. The van der Waals surface area contributed by atoms with Gasteiger partial charge < -0.3 is 9.88 Å². The molecule has 0 aliphatic carbocycles. The Morgan fingerprint density at radius 3 is 2.59 bits per heavy atom. The first-order valence-electron chi connectivity index (χ1n) is 9.24. The van der Waals surface area contributed by atoms with Crippen LogP contribution in [0.5, 0.6) is 0 Å². The van der Waals surface area contributed by atoms with E-state index in [2.05, 4.69) is 53.2 Å². The number of hydrogen-bond donors (Lipinski definition) is 1. The van der Waals surface area contributed by atoms with E-state index in [-0.39, 0.29) is 17.9 Å². The van der Waals surface area contributed by atoms with E-state index >= 15 is 0 Å². The molecule has 1 aliphatic heterocycles. The Labute approximate surface area is 157 Å². The monoisotopic (exact) mass is 357 g/mol. The standard InChI is InChI=1S/C23H20FN3/c1-15-5-4-6-17(13-15)22-14-20(16-9-11-18(24)12-10-16)26-23-25-19-7-2-3-8-21(19)27(22)23/h2-13,20,22H,14H2,1H3,(H,25,26)/t20-,22-/m0/s1. The lowest BCUT2D eigenvalue weighted by atomic mass is 9.92. The van der Waals surface area contributed by atoms with Crippen LogP contribution in [0.15, 0.2) is 72.8 Å². The van der Waals surface area contributed by atoms with Crippen molar-refractivity contribution in [3.63, 3.8) is 0 Å². The van der Waals surface area contributed by atoms with Crippen molar-refractivity contribution in [2.75, 3.05) is 5.32 Å². The Kier molecular flexibility index (Phi) is 3.71. The van der Waals surface area contributed by atoms with E-state index in [1.54, 1.807) is 0 Å². The summed E-state index contributed by atoms with van der Waals surface area (Å²) in [6.07, 6.45) is 0.877. The van der Waals surface area contributed by atoms with E-state index in [0.29, 0.717) is 0 Å². The number of hydrogen-bond acceptors (Lipinski definition) is 2. The molecule has 4 heteroatoms. The summed E-state index contributed by atoms with van der Waals surface area (Å²) in [4.78, 5) is 4.82. The van der Waals surface area contributed by atoms with Gasteiger partial charge in [0.2, 0.25) is 5.95 Å². The van der Waals surface area contributed by atoms with Gasteiger partial charge in [-0.1, -0.05) is 54.1 Å². The molecule has 1 aliphatic rings. The maximum atomic E-state index is 13.4. The molecule has 0 radical (unpaired) electrons. The molecule has 3 aromatic carbocycles. The normalized spacial score (nSPS) is 18.9. The molecule has 0 unspecified atom stereocenters. The first kappa shape index (κ1) is 16.1. The van der Waals surface area contributed by atoms with Crippen molar-refractivity contribution in [2.45, 2.75) is 25.4 Å². The molecule has 27 heavy (non-hydrogen) atoms. The number of halogens is 1. The van der Waals surface area contributed by atoms with Crippen LogP contribution in [0.4, 0.5) is 10.3 Å². The lowest BCUT2D eigenvalue weighted by molar-refractivity contribution is 0.477. The van der Waals surface area contributed by atoms with Crippen LogP contribution in [0.2, 0.25) is 0 Å². The largest absolute Gasteiger partial charge is 0.349 e. The average Bonchev–Trinajstić information content (AvgIpc) is 3.06. The van der Waals surface area contributed by atoms with Gasteiger partial charge >= 0.3 is 0 Å². The van der Waals surface area contributed by atoms with Crippen LogP contribution in [0, 0.1) is 12.7 Å².